The maximum atomic E-state index is 13.5. The number of nitro benzene ring substituents is 1. The molecule has 0 bridgehead atoms. The number of nitro groups is 1. The fourth-order valence-electron chi connectivity index (χ4n) is 1.59. The minimum Gasteiger partial charge on any atom is -0.327 e. The first-order chi connectivity index (χ1) is 7.02. The van der Waals surface area contributed by atoms with Crippen LogP contribution in [-0.2, 0) is 0 Å². The number of rotatable bonds is 2. The summed E-state index contributed by atoms with van der Waals surface area (Å²) in [5, 5.41) is 10.4. The first kappa shape index (κ1) is 9.97. The molecular formula is C9H8F2N2O2. The van der Waals surface area contributed by atoms with Crippen molar-refractivity contribution in [1.82, 2.24) is 0 Å². The average molecular weight is 214 g/mol. The quantitative estimate of drug-likeness (QED) is 0.601. The van der Waals surface area contributed by atoms with Crippen LogP contribution in [0.5, 0.6) is 0 Å². The molecule has 2 rings (SSSR count). The molecule has 0 unspecified atom stereocenters. The molecule has 6 heteroatoms. The molecule has 0 saturated heterocycles. The van der Waals surface area contributed by atoms with E-state index >= 15 is 0 Å². The summed E-state index contributed by atoms with van der Waals surface area (Å²) in [4.78, 5) is 9.55. The van der Waals surface area contributed by atoms with Crippen LogP contribution in [0.1, 0.15) is 17.9 Å². The largest absolute Gasteiger partial charge is 0.327 e. The monoisotopic (exact) mass is 214 g/mol. The van der Waals surface area contributed by atoms with E-state index in [4.69, 9.17) is 5.73 Å². The molecule has 0 amide bonds. The van der Waals surface area contributed by atoms with E-state index < -0.39 is 28.2 Å². The summed E-state index contributed by atoms with van der Waals surface area (Å²) >= 11 is 0. The second kappa shape index (κ2) is 3.23. The topological polar surface area (TPSA) is 69.2 Å². The van der Waals surface area contributed by atoms with Crippen LogP contribution >= 0.6 is 0 Å². The third-order valence-electron chi connectivity index (χ3n) is 2.51. The van der Waals surface area contributed by atoms with Gasteiger partial charge in [-0.1, -0.05) is 0 Å². The van der Waals surface area contributed by atoms with Crippen molar-refractivity contribution in [2.75, 3.05) is 0 Å². The van der Waals surface area contributed by atoms with Gasteiger partial charge in [0.15, 0.2) is 0 Å². The highest BCUT2D eigenvalue weighted by molar-refractivity contribution is 5.42. The van der Waals surface area contributed by atoms with E-state index in [0.717, 1.165) is 12.1 Å². The Labute approximate surface area is 83.8 Å². The molecule has 1 fully saturated rings. The third kappa shape index (κ3) is 1.56. The molecule has 1 aliphatic carbocycles. The van der Waals surface area contributed by atoms with Gasteiger partial charge in [-0.05, 0) is 12.5 Å². The molecule has 0 heterocycles. The fraction of sp³-hybridized carbons (Fsp3) is 0.333. The van der Waals surface area contributed by atoms with Gasteiger partial charge in [0.1, 0.15) is 5.82 Å². The lowest BCUT2D eigenvalue weighted by Gasteiger charge is -2.03. The van der Waals surface area contributed by atoms with Crippen molar-refractivity contribution in [3.05, 3.63) is 39.4 Å². The summed E-state index contributed by atoms with van der Waals surface area (Å²) in [6, 6.07) is 1.43. The normalized spacial score (nSPS) is 23.9. The average Bonchev–Trinajstić information content (AvgIpc) is 2.82. The maximum Gasteiger partial charge on any atom is 0.305 e. The fourth-order valence-corrected chi connectivity index (χ4v) is 1.59. The number of hydrogen-bond acceptors (Lipinski definition) is 3. The highest BCUT2D eigenvalue weighted by Gasteiger charge is 2.40. The lowest BCUT2D eigenvalue weighted by atomic mass is 10.1. The lowest BCUT2D eigenvalue weighted by molar-refractivity contribution is -0.387. The molecule has 4 nitrogen and oxygen atoms in total. The minimum atomic E-state index is -1.10. The van der Waals surface area contributed by atoms with E-state index in [-0.39, 0.29) is 11.6 Å². The van der Waals surface area contributed by atoms with Crippen molar-refractivity contribution >= 4 is 5.69 Å². The standard InChI is InChI=1S/C9H8F2N2O2/c10-5-1-2-7(13(14)15)9(11)8(5)4-3-6(4)12/h1-2,4,6H,3,12H2/t4-,6-/m1/s1. The van der Waals surface area contributed by atoms with Crippen molar-refractivity contribution in [2.24, 2.45) is 5.73 Å². The molecule has 0 spiro atoms. The number of benzene rings is 1. The van der Waals surface area contributed by atoms with Crippen molar-refractivity contribution in [1.29, 1.82) is 0 Å². The summed E-state index contributed by atoms with van der Waals surface area (Å²) < 4.78 is 26.8. The summed E-state index contributed by atoms with van der Waals surface area (Å²) in [6.45, 7) is 0. The zero-order valence-corrected chi connectivity index (χ0v) is 7.61. The van der Waals surface area contributed by atoms with E-state index in [1.54, 1.807) is 0 Å². The van der Waals surface area contributed by atoms with Gasteiger partial charge in [0.2, 0.25) is 5.82 Å². The molecule has 1 aromatic rings. The number of hydrogen-bond donors (Lipinski definition) is 1. The molecule has 2 atom stereocenters. The second-order valence-corrected chi connectivity index (χ2v) is 3.56. The predicted octanol–water partition coefficient (Wildman–Crippen LogP) is 1.69. The molecule has 1 saturated carbocycles. The van der Waals surface area contributed by atoms with Crippen LogP contribution in [0, 0.1) is 21.7 Å². The minimum absolute atomic E-state index is 0.253. The molecule has 0 aliphatic heterocycles. The van der Waals surface area contributed by atoms with Gasteiger partial charge in [-0.25, -0.2) is 4.39 Å². The van der Waals surface area contributed by atoms with Gasteiger partial charge in [-0.3, -0.25) is 10.1 Å². The van der Waals surface area contributed by atoms with Gasteiger partial charge in [0.25, 0.3) is 0 Å². The van der Waals surface area contributed by atoms with Crippen LogP contribution in [0.25, 0.3) is 0 Å². The van der Waals surface area contributed by atoms with E-state index in [1.807, 2.05) is 0 Å². The Morgan fingerprint density at radius 3 is 2.53 bits per heavy atom. The van der Waals surface area contributed by atoms with E-state index in [2.05, 4.69) is 0 Å². The summed E-state index contributed by atoms with van der Waals surface area (Å²) in [5.41, 5.74) is 4.50. The zero-order chi connectivity index (χ0) is 11.2. The maximum absolute atomic E-state index is 13.5. The molecule has 0 radical (unpaired) electrons. The number of halogens is 2. The van der Waals surface area contributed by atoms with Gasteiger partial charge in [0.05, 0.1) is 4.92 Å². The second-order valence-electron chi connectivity index (χ2n) is 3.56. The summed E-state index contributed by atoms with van der Waals surface area (Å²) in [7, 11) is 0. The first-order valence-electron chi connectivity index (χ1n) is 4.40. The Kier molecular flexibility index (Phi) is 2.15. The Balaban J connectivity index is 2.52. The van der Waals surface area contributed by atoms with Crippen molar-refractivity contribution < 1.29 is 13.7 Å². The van der Waals surface area contributed by atoms with E-state index in [9.17, 15) is 18.9 Å². The van der Waals surface area contributed by atoms with Crippen LogP contribution in [0.4, 0.5) is 14.5 Å². The first-order valence-corrected chi connectivity index (χ1v) is 4.40. The van der Waals surface area contributed by atoms with Crippen molar-refractivity contribution in [2.45, 2.75) is 18.4 Å². The van der Waals surface area contributed by atoms with Crippen LogP contribution < -0.4 is 5.73 Å². The molecule has 0 aromatic heterocycles. The SMILES string of the molecule is N[C@@H]1C[C@H]1c1c(F)ccc([N+](=O)[O-])c1F. The Morgan fingerprint density at radius 2 is 2.07 bits per heavy atom. The number of nitrogens with zero attached hydrogens (tertiary/aromatic N) is 1. The van der Waals surface area contributed by atoms with Gasteiger partial charge in [-0.2, -0.15) is 4.39 Å². The van der Waals surface area contributed by atoms with Crippen LogP contribution in [0.3, 0.4) is 0 Å². The molecule has 1 aromatic carbocycles. The highest BCUT2D eigenvalue weighted by atomic mass is 19.1. The summed E-state index contributed by atoms with van der Waals surface area (Å²) in [6.07, 6.45) is 0.467. The van der Waals surface area contributed by atoms with Gasteiger partial charge in [0, 0.05) is 23.6 Å². The van der Waals surface area contributed by atoms with Crippen molar-refractivity contribution in [3.8, 4) is 0 Å². The molecular weight excluding hydrogens is 206 g/mol. The van der Waals surface area contributed by atoms with Crippen LogP contribution in [0.2, 0.25) is 0 Å². The zero-order valence-electron chi connectivity index (χ0n) is 7.61. The predicted molar refractivity (Wildman–Crippen MR) is 48.3 cm³/mol. The van der Waals surface area contributed by atoms with Gasteiger partial charge < -0.3 is 5.73 Å². The van der Waals surface area contributed by atoms with Crippen LogP contribution in [-0.4, -0.2) is 11.0 Å². The molecule has 1 aliphatic rings. The Hall–Kier alpha value is -1.56. The van der Waals surface area contributed by atoms with E-state index in [0.29, 0.717) is 6.42 Å². The molecule has 15 heavy (non-hydrogen) atoms. The van der Waals surface area contributed by atoms with Crippen LogP contribution in [0.15, 0.2) is 12.1 Å². The third-order valence-corrected chi connectivity index (χ3v) is 2.51. The number of nitrogens with two attached hydrogens (primary N) is 1. The highest BCUT2D eigenvalue weighted by Crippen LogP contribution is 2.43. The molecule has 2 N–H and O–H groups in total. The summed E-state index contributed by atoms with van der Waals surface area (Å²) in [5.74, 6) is -2.29. The van der Waals surface area contributed by atoms with Gasteiger partial charge in [-0.15, -0.1) is 0 Å². The Morgan fingerprint density at radius 1 is 1.47 bits per heavy atom. The van der Waals surface area contributed by atoms with E-state index in [1.165, 1.54) is 0 Å². The van der Waals surface area contributed by atoms with Gasteiger partial charge >= 0.3 is 5.69 Å². The molecule has 80 valence electrons. The smallest absolute Gasteiger partial charge is 0.305 e. The van der Waals surface area contributed by atoms with Crippen molar-refractivity contribution in [3.63, 3.8) is 0 Å². The Bertz CT molecular complexity index is 436. The lowest BCUT2D eigenvalue weighted by Crippen LogP contribution is -2.06.